The summed E-state index contributed by atoms with van der Waals surface area (Å²) in [6.45, 7) is 0.665. The van der Waals surface area contributed by atoms with Gasteiger partial charge < -0.3 is 9.84 Å². The van der Waals surface area contributed by atoms with E-state index in [2.05, 4.69) is 15.9 Å². The molecule has 0 aromatic heterocycles. The van der Waals surface area contributed by atoms with Crippen LogP contribution in [-0.4, -0.2) is 42.2 Å². The van der Waals surface area contributed by atoms with Gasteiger partial charge in [-0.2, -0.15) is 0 Å². The largest absolute Gasteiger partial charge is 0.488 e. The molecular formula is C12H14BrNO3. The first-order chi connectivity index (χ1) is 8.04. The number of hydrogen-bond donors (Lipinski definition) is 1. The van der Waals surface area contributed by atoms with E-state index < -0.39 is 5.97 Å². The van der Waals surface area contributed by atoms with Gasteiger partial charge in [-0.05, 0) is 30.8 Å². The monoisotopic (exact) mass is 299 g/mol. The van der Waals surface area contributed by atoms with Crippen LogP contribution in [0.15, 0.2) is 22.7 Å². The number of likely N-dealkylation sites (N-methyl/N-ethyl adjacent to an activating group) is 1. The molecule has 5 heteroatoms. The fourth-order valence-electron chi connectivity index (χ4n) is 2.03. The number of aliphatic carboxylic acids is 1. The van der Waals surface area contributed by atoms with Crippen molar-refractivity contribution in [2.75, 3.05) is 20.1 Å². The average Bonchev–Trinajstić information content (AvgIpc) is 2.57. The number of benzene rings is 1. The number of nitrogens with zero attached hydrogens (tertiary/aromatic N) is 1. The highest BCUT2D eigenvalue weighted by atomic mass is 79.9. The Labute approximate surface area is 108 Å². The van der Waals surface area contributed by atoms with Crippen molar-refractivity contribution in [3.8, 4) is 5.75 Å². The first-order valence-corrected chi connectivity index (χ1v) is 6.19. The molecule has 0 fully saturated rings. The first kappa shape index (κ1) is 12.4. The summed E-state index contributed by atoms with van der Waals surface area (Å²) in [5.74, 6) is 0.0904. The number of fused-ring (bicyclic) bond motifs is 1. The molecule has 1 aromatic carbocycles. The molecule has 1 unspecified atom stereocenters. The van der Waals surface area contributed by atoms with Crippen molar-refractivity contribution in [1.82, 2.24) is 4.90 Å². The number of carboxylic acids is 1. The summed E-state index contributed by atoms with van der Waals surface area (Å²) in [6, 6.07) is 5.94. The summed E-state index contributed by atoms with van der Waals surface area (Å²) in [5, 5.41) is 8.68. The zero-order valence-electron chi connectivity index (χ0n) is 9.52. The van der Waals surface area contributed by atoms with Gasteiger partial charge in [-0.3, -0.25) is 9.69 Å². The molecule has 4 nitrogen and oxygen atoms in total. The second-order valence-corrected chi connectivity index (χ2v) is 5.20. The summed E-state index contributed by atoms with van der Waals surface area (Å²) in [7, 11) is 1.79. The normalized spacial score (nSPS) is 17.9. The number of ether oxygens (including phenoxy) is 1. The van der Waals surface area contributed by atoms with Gasteiger partial charge in [-0.15, -0.1) is 0 Å². The quantitative estimate of drug-likeness (QED) is 0.920. The fraction of sp³-hybridized carbons (Fsp3) is 0.417. The van der Waals surface area contributed by atoms with Gasteiger partial charge in [0.25, 0.3) is 0 Å². The molecule has 1 aliphatic rings. The molecule has 1 aromatic rings. The minimum absolute atomic E-state index is 0.0416. The van der Waals surface area contributed by atoms with Crippen LogP contribution in [-0.2, 0) is 11.2 Å². The standard InChI is InChI=1S/C12H14BrNO3/c1-14(7-12(15)16)6-10-5-8-4-9(13)2-3-11(8)17-10/h2-4,10H,5-7H2,1H3,(H,15,16). The minimum atomic E-state index is -0.814. The van der Waals surface area contributed by atoms with Crippen molar-refractivity contribution in [1.29, 1.82) is 0 Å². The minimum Gasteiger partial charge on any atom is -0.488 e. The highest BCUT2D eigenvalue weighted by Gasteiger charge is 2.24. The molecule has 0 aliphatic carbocycles. The maximum atomic E-state index is 10.6. The van der Waals surface area contributed by atoms with Gasteiger partial charge >= 0.3 is 5.97 Å². The van der Waals surface area contributed by atoms with Crippen molar-refractivity contribution in [2.24, 2.45) is 0 Å². The number of carboxylic acid groups (broad SMARTS) is 1. The maximum Gasteiger partial charge on any atom is 0.317 e. The number of halogens is 1. The average molecular weight is 300 g/mol. The zero-order valence-corrected chi connectivity index (χ0v) is 11.1. The molecule has 0 bridgehead atoms. The van der Waals surface area contributed by atoms with Crippen LogP contribution in [0.4, 0.5) is 0 Å². The molecule has 0 saturated heterocycles. The molecule has 0 saturated carbocycles. The molecule has 0 radical (unpaired) electrons. The topological polar surface area (TPSA) is 49.8 Å². The molecule has 2 rings (SSSR count). The third kappa shape index (κ3) is 3.20. The van der Waals surface area contributed by atoms with Gasteiger partial charge in [0.2, 0.25) is 0 Å². The Balaban J connectivity index is 1.94. The van der Waals surface area contributed by atoms with E-state index in [0.29, 0.717) is 6.54 Å². The Morgan fingerprint density at radius 2 is 2.41 bits per heavy atom. The van der Waals surface area contributed by atoms with Gasteiger partial charge in [0.05, 0.1) is 6.54 Å². The summed E-state index contributed by atoms with van der Waals surface area (Å²) in [4.78, 5) is 12.3. The van der Waals surface area contributed by atoms with Crippen LogP contribution in [0.2, 0.25) is 0 Å². The highest BCUT2D eigenvalue weighted by Crippen LogP contribution is 2.31. The van der Waals surface area contributed by atoms with Crippen LogP contribution >= 0.6 is 15.9 Å². The van der Waals surface area contributed by atoms with Crippen LogP contribution in [0.1, 0.15) is 5.56 Å². The lowest BCUT2D eigenvalue weighted by molar-refractivity contribution is -0.138. The smallest absolute Gasteiger partial charge is 0.317 e. The summed E-state index contributed by atoms with van der Waals surface area (Å²) < 4.78 is 6.80. The van der Waals surface area contributed by atoms with E-state index in [4.69, 9.17) is 9.84 Å². The van der Waals surface area contributed by atoms with Crippen molar-refractivity contribution < 1.29 is 14.6 Å². The number of hydrogen-bond acceptors (Lipinski definition) is 3. The predicted molar refractivity (Wildman–Crippen MR) is 67.4 cm³/mol. The lowest BCUT2D eigenvalue weighted by Crippen LogP contribution is -2.35. The Morgan fingerprint density at radius 3 is 3.12 bits per heavy atom. The van der Waals surface area contributed by atoms with E-state index in [-0.39, 0.29) is 12.6 Å². The third-order valence-corrected chi connectivity index (χ3v) is 3.18. The van der Waals surface area contributed by atoms with E-state index in [1.165, 1.54) is 5.56 Å². The molecule has 1 atom stereocenters. The van der Waals surface area contributed by atoms with E-state index in [9.17, 15) is 4.79 Å². The zero-order chi connectivity index (χ0) is 12.4. The number of carbonyl (C=O) groups is 1. The van der Waals surface area contributed by atoms with Crippen LogP contribution in [0.5, 0.6) is 5.75 Å². The SMILES string of the molecule is CN(CC(=O)O)CC1Cc2cc(Br)ccc2O1. The maximum absolute atomic E-state index is 10.6. The summed E-state index contributed by atoms with van der Waals surface area (Å²) in [5.41, 5.74) is 1.17. The third-order valence-electron chi connectivity index (χ3n) is 2.68. The van der Waals surface area contributed by atoms with Crippen LogP contribution in [0.25, 0.3) is 0 Å². The first-order valence-electron chi connectivity index (χ1n) is 5.40. The van der Waals surface area contributed by atoms with E-state index in [1.807, 2.05) is 18.2 Å². The lowest BCUT2D eigenvalue weighted by Gasteiger charge is -2.18. The molecule has 92 valence electrons. The van der Waals surface area contributed by atoms with Crippen molar-refractivity contribution in [3.05, 3.63) is 28.2 Å². The summed E-state index contributed by atoms with van der Waals surface area (Å²) in [6.07, 6.45) is 0.877. The fourth-order valence-corrected chi connectivity index (χ4v) is 2.44. The Bertz CT molecular complexity index is 436. The summed E-state index contributed by atoms with van der Waals surface area (Å²) >= 11 is 3.42. The highest BCUT2D eigenvalue weighted by molar-refractivity contribution is 9.10. The Morgan fingerprint density at radius 1 is 1.65 bits per heavy atom. The van der Waals surface area contributed by atoms with Crippen LogP contribution in [0.3, 0.4) is 0 Å². The van der Waals surface area contributed by atoms with Crippen LogP contribution in [0, 0.1) is 0 Å². The molecule has 0 amide bonds. The second kappa shape index (κ2) is 5.06. The molecule has 1 heterocycles. The predicted octanol–water partition coefficient (Wildman–Crippen LogP) is 1.77. The van der Waals surface area contributed by atoms with Gasteiger partial charge in [0.1, 0.15) is 11.9 Å². The second-order valence-electron chi connectivity index (χ2n) is 4.29. The van der Waals surface area contributed by atoms with E-state index in [1.54, 1.807) is 11.9 Å². The molecule has 1 N–H and O–H groups in total. The van der Waals surface area contributed by atoms with Crippen LogP contribution < -0.4 is 4.74 Å². The Kier molecular flexibility index (Phi) is 3.69. The van der Waals surface area contributed by atoms with Crippen molar-refractivity contribution in [2.45, 2.75) is 12.5 Å². The lowest BCUT2D eigenvalue weighted by atomic mass is 10.1. The Hall–Kier alpha value is -1.07. The van der Waals surface area contributed by atoms with Gasteiger partial charge in [-0.1, -0.05) is 15.9 Å². The van der Waals surface area contributed by atoms with E-state index in [0.717, 1.165) is 16.6 Å². The van der Waals surface area contributed by atoms with Gasteiger partial charge in [0.15, 0.2) is 0 Å². The molecule has 17 heavy (non-hydrogen) atoms. The van der Waals surface area contributed by atoms with Gasteiger partial charge in [0, 0.05) is 17.4 Å². The molecular weight excluding hydrogens is 286 g/mol. The van der Waals surface area contributed by atoms with Gasteiger partial charge in [-0.25, -0.2) is 0 Å². The van der Waals surface area contributed by atoms with Crippen molar-refractivity contribution in [3.63, 3.8) is 0 Å². The van der Waals surface area contributed by atoms with E-state index >= 15 is 0 Å². The number of rotatable bonds is 4. The molecule has 1 aliphatic heterocycles. The molecule has 0 spiro atoms. The van der Waals surface area contributed by atoms with Crippen molar-refractivity contribution >= 4 is 21.9 Å².